The highest BCUT2D eigenvalue weighted by atomic mass is 32.2. The molecule has 0 aromatic carbocycles. The Labute approximate surface area is 86.0 Å². The fraction of sp³-hybridized carbons (Fsp3) is 0.800. The van der Waals surface area contributed by atoms with E-state index in [1.807, 2.05) is 17.2 Å². The maximum absolute atomic E-state index is 3.70. The van der Waals surface area contributed by atoms with Crippen LogP contribution in [0.1, 0.15) is 6.42 Å². The van der Waals surface area contributed by atoms with Gasteiger partial charge in [0.05, 0.1) is 0 Å². The zero-order valence-corrected chi connectivity index (χ0v) is 9.35. The normalized spacial score (nSPS) is 20.4. The Hall–Kier alpha value is 0.01000. The van der Waals surface area contributed by atoms with Crippen molar-refractivity contribution in [2.24, 2.45) is 0 Å². The molecule has 0 aromatic heterocycles. The topological polar surface area (TPSA) is 6.48 Å². The van der Waals surface area contributed by atoms with Crippen LogP contribution in [0, 0.1) is 0 Å². The third-order valence-electron chi connectivity index (χ3n) is 2.45. The highest BCUT2D eigenvalue weighted by molar-refractivity contribution is 8.02. The molecule has 0 N–H and O–H groups in total. The zero-order chi connectivity index (χ0) is 9.52. The second-order valence-electron chi connectivity index (χ2n) is 3.54. The molecule has 1 aliphatic rings. The summed E-state index contributed by atoms with van der Waals surface area (Å²) in [6.45, 7) is 9.91. The van der Waals surface area contributed by atoms with Crippen LogP contribution in [0.5, 0.6) is 0 Å². The van der Waals surface area contributed by atoms with E-state index >= 15 is 0 Å². The molecule has 1 fully saturated rings. The first-order valence-electron chi connectivity index (χ1n) is 4.96. The molecule has 0 saturated carbocycles. The Morgan fingerprint density at radius 1 is 1.31 bits per heavy atom. The number of thioether (sulfide) groups is 1. The molecule has 0 bridgehead atoms. The predicted octanol–water partition coefficient (Wildman–Crippen LogP) is 1.50. The molecule has 0 unspecified atom stereocenters. The fourth-order valence-corrected chi connectivity index (χ4v) is 1.99. The molecular formula is C10H20N2S. The Morgan fingerprint density at radius 3 is 2.62 bits per heavy atom. The van der Waals surface area contributed by atoms with Crippen molar-refractivity contribution in [3.63, 3.8) is 0 Å². The minimum Gasteiger partial charge on any atom is -0.304 e. The molecule has 0 aromatic rings. The van der Waals surface area contributed by atoms with Crippen LogP contribution in [0.25, 0.3) is 0 Å². The summed E-state index contributed by atoms with van der Waals surface area (Å²) in [4.78, 5) is 4.96. The SMILES string of the molecule is C=CSCCCN1CCN(C)CC1. The van der Waals surface area contributed by atoms with Crippen LogP contribution >= 0.6 is 11.8 Å². The van der Waals surface area contributed by atoms with Crippen molar-refractivity contribution in [2.75, 3.05) is 45.5 Å². The number of likely N-dealkylation sites (N-methyl/N-ethyl adjacent to an activating group) is 1. The number of nitrogens with zero attached hydrogens (tertiary/aromatic N) is 2. The number of piperazine rings is 1. The van der Waals surface area contributed by atoms with Crippen LogP contribution in [0.15, 0.2) is 12.0 Å². The van der Waals surface area contributed by atoms with Gasteiger partial charge < -0.3 is 9.80 Å². The van der Waals surface area contributed by atoms with E-state index in [-0.39, 0.29) is 0 Å². The molecule has 0 spiro atoms. The fourth-order valence-electron chi connectivity index (χ4n) is 1.53. The molecular weight excluding hydrogens is 180 g/mol. The van der Waals surface area contributed by atoms with Crippen LogP contribution < -0.4 is 0 Å². The van der Waals surface area contributed by atoms with E-state index in [4.69, 9.17) is 0 Å². The van der Waals surface area contributed by atoms with E-state index in [0.717, 1.165) is 0 Å². The van der Waals surface area contributed by atoms with E-state index in [9.17, 15) is 0 Å². The summed E-state index contributed by atoms with van der Waals surface area (Å²) in [6, 6.07) is 0. The summed E-state index contributed by atoms with van der Waals surface area (Å²) in [5.74, 6) is 1.22. The molecule has 3 heteroatoms. The standard InChI is InChI=1S/C10H20N2S/c1-3-13-10-4-5-12-8-6-11(2)7-9-12/h3H,1,4-10H2,2H3. The van der Waals surface area contributed by atoms with Crippen LogP contribution in [0.4, 0.5) is 0 Å². The molecule has 1 aliphatic heterocycles. The van der Waals surface area contributed by atoms with Gasteiger partial charge in [-0.1, -0.05) is 6.58 Å². The number of rotatable bonds is 5. The van der Waals surface area contributed by atoms with E-state index in [0.29, 0.717) is 0 Å². The van der Waals surface area contributed by atoms with Gasteiger partial charge in [0.1, 0.15) is 0 Å². The summed E-state index contributed by atoms with van der Waals surface area (Å²) >= 11 is 1.82. The van der Waals surface area contributed by atoms with Crippen LogP contribution in [0.3, 0.4) is 0 Å². The number of hydrogen-bond acceptors (Lipinski definition) is 3. The second-order valence-corrected chi connectivity index (χ2v) is 4.61. The Bertz CT molecular complexity index is 142. The van der Waals surface area contributed by atoms with Gasteiger partial charge in [-0.25, -0.2) is 0 Å². The van der Waals surface area contributed by atoms with Gasteiger partial charge in [-0.2, -0.15) is 0 Å². The molecule has 0 aliphatic carbocycles. The van der Waals surface area contributed by atoms with Crippen LogP contribution in [0.2, 0.25) is 0 Å². The largest absolute Gasteiger partial charge is 0.304 e. The van der Waals surface area contributed by atoms with Gasteiger partial charge in [-0.15, -0.1) is 11.8 Å². The lowest BCUT2D eigenvalue weighted by atomic mass is 10.3. The highest BCUT2D eigenvalue weighted by Gasteiger charge is 2.12. The minimum atomic E-state index is 1.22. The summed E-state index contributed by atoms with van der Waals surface area (Å²) in [5.41, 5.74) is 0. The van der Waals surface area contributed by atoms with E-state index in [1.54, 1.807) is 0 Å². The van der Waals surface area contributed by atoms with Crippen LogP contribution in [-0.2, 0) is 0 Å². The van der Waals surface area contributed by atoms with E-state index in [1.165, 1.54) is 44.9 Å². The van der Waals surface area contributed by atoms with E-state index in [2.05, 4.69) is 23.4 Å². The smallest absolute Gasteiger partial charge is 0.0110 e. The predicted molar refractivity (Wildman–Crippen MR) is 61.2 cm³/mol. The summed E-state index contributed by atoms with van der Waals surface area (Å²) < 4.78 is 0. The summed E-state index contributed by atoms with van der Waals surface area (Å²) in [6.07, 6.45) is 1.29. The van der Waals surface area contributed by atoms with Crippen molar-refractivity contribution in [2.45, 2.75) is 6.42 Å². The van der Waals surface area contributed by atoms with Gasteiger partial charge >= 0.3 is 0 Å². The molecule has 1 rings (SSSR count). The summed E-state index contributed by atoms with van der Waals surface area (Å²) in [7, 11) is 2.20. The van der Waals surface area contributed by atoms with E-state index < -0.39 is 0 Å². The lowest BCUT2D eigenvalue weighted by Gasteiger charge is -2.32. The third kappa shape index (κ3) is 4.69. The number of hydrogen-bond donors (Lipinski definition) is 0. The Morgan fingerprint density at radius 2 is 2.00 bits per heavy atom. The monoisotopic (exact) mass is 200 g/mol. The first-order chi connectivity index (χ1) is 6.33. The first kappa shape index (κ1) is 11.1. The molecule has 1 saturated heterocycles. The highest BCUT2D eigenvalue weighted by Crippen LogP contribution is 2.05. The minimum absolute atomic E-state index is 1.22. The molecule has 0 atom stereocenters. The van der Waals surface area contributed by atoms with Crippen molar-refractivity contribution in [1.29, 1.82) is 0 Å². The van der Waals surface area contributed by atoms with Gasteiger partial charge in [0, 0.05) is 26.2 Å². The van der Waals surface area contributed by atoms with Crippen molar-refractivity contribution < 1.29 is 0 Å². The van der Waals surface area contributed by atoms with Crippen molar-refractivity contribution in [3.05, 3.63) is 12.0 Å². The third-order valence-corrected chi connectivity index (χ3v) is 3.21. The van der Waals surface area contributed by atoms with Gasteiger partial charge in [0.15, 0.2) is 0 Å². The molecule has 0 amide bonds. The average molecular weight is 200 g/mol. The molecule has 76 valence electrons. The Kier molecular flexibility index (Phi) is 5.51. The van der Waals surface area contributed by atoms with Gasteiger partial charge in [0.2, 0.25) is 0 Å². The maximum atomic E-state index is 3.70. The van der Waals surface area contributed by atoms with Gasteiger partial charge in [-0.05, 0) is 31.2 Å². The van der Waals surface area contributed by atoms with Gasteiger partial charge in [0.25, 0.3) is 0 Å². The molecule has 2 nitrogen and oxygen atoms in total. The second kappa shape index (κ2) is 6.46. The van der Waals surface area contributed by atoms with Crippen molar-refractivity contribution in [3.8, 4) is 0 Å². The molecule has 13 heavy (non-hydrogen) atoms. The lowest BCUT2D eigenvalue weighted by molar-refractivity contribution is 0.154. The van der Waals surface area contributed by atoms with Crippen molar-refractivity contribution >= 4 is 11.8 Å². The van der Waals surface area contributed by atoms with Crippen LogP contribution in [-0.4, -0.2) is 55.3 Å². The first-order valence-corrected chi connectivity index (χ1v) is 6.01. The summed E-state index contributed by atoms with van der Waals surface area (Å²) in [5, 5.41) is 1.93. The molecule has 0 radical (unpaired) electrons. The lowest BCUT2D eigenvalue weighted by Crippen LogP contribution is -2.44. The average Bonchev–Trinajstić information content (AvgIpc) is 2.15. The maximum Gasteiger partial charge on any atom is 0.0110 e. The van der Waals surface area contributed by atoms with Crippen molar-refractivity contribution in [1.82, 2.24) is 9.80 Å². The quantitative estimate of drug-likeness (QED) is 0.621. The van der Waals surface area contributed by atoms with Gasteiger partial charge in [-0.3, -0.25) is 0 Å². The zero-order valence-electron chi connectivity index (χ0n) is 8.54. The Balaban J connectivity index is 1.99. The molecule has 1 heterocycles.